The molecule has 1 aromatic carbocycles. The number of esters is 1. The van der Waals surface area contributed by atoms with Crippen molar-refractivity contribution >= 4 is 18.4 Å². The Labute approximate surface area is 93.0 Å². The van der Waals surface area contributed by atoms with Crippen LogP contribution in [0.2, 0.25) is 0 Å². The molecular weight excluding hydrogens is 216 g/mol. The van der Waals surface area contributed by atoms with Crippen molar-refractivity contribution in [2.24, 2.45) is 5.73 Å². The van der Waals surface area contributed by atoms with Crippen molar-refractivity contribution in [3.05, 3.63) is 29.3 Å². The topological polar surface area (TPSA) is 76.1 Å². The maximum absolute atomic E-state index is 11.0. The molecule has 0 amide bonds. The third-order valence-corrected chi connectivity index (χ3v) is 2.15. The molecule has 2 rings (SSSR count). The Hall–Kier alpha value is -1.57. The minimum absolute atomic E-state index is 0. The van der Waals surface area contributed by atoms with E-state index < -0.39 is 0 Å². The van der Waals surface area contributed by atoms with Gasteiger partial charge >= 0.3 is 5.97 Å². The third kappa shape index (κ3) is 2.09. The molecule has 1 aromatic rings. The number of carbonyl (C=O) groups excluding carboxylic acids is 1. The van der Waals surface area contributed by atoms with E-state index in [1.807, 2.05) is 6.07 Å². The van der Waals surface area contributed by atoms with E-state index in [9.17, 15) is 4.79 Å². The maximum atomic E-state index is 11.0. The molecule has 0 bridgehead atoms. The molecule has 0 fully saturated rings. The molecule has 4 nitrogen and oxygen atoms in total. The first-order chi connectivity index (χ1) is 6.70. The number of nitrogens with zero attached hydrogens (tertiary/aromatic N) is 1. The van der Waals surface area contributed by atoms with Crippen molar-refractivity contribution in [1.29, 1.82) is 5.26 Å². The molecule has 78 valence electrons. The lowest BCUT2D eigenvalue weighted by molar-refractivity contribution is -0.135. The number of nitrogens with two attached hydrogens (primary N) is 1. The van der Waals surface area contributed by atoms with Gasteiger partial charge in [0.15, 0.2) is 0 Å². The van der Waals surface area contributed by atoms with Gasteiger partial charge in [-0.05, 0) is 18.2 Å². The highest BCUT2D eigenvalue weighted by molar-refractivity contribution is 5.85. The Morgan fingerprint density at radius 2 is 2.27 bits per heavy atom. The van der Waals surface area contributed by atoms with E-state index in [2.05, 4.69) is 0 Å². The van der Waals surface area contributed by atoms with Gasteiger partial charge in [0.1, 0.15) is 5.75 Å². The highest BCUT2D eigenvalue weighted by Gasteiger charge is 2.24. The molecule has 0 saturated heterocycles. The number of halogens is 1. The smallest absolute Gasteiger partial charge is 0.313 e. The molecule has 1 aliphatic heterocycles. The normalized spacial score (nSPS) is 18.1. The van der Waals surface area contributed by atoms with E-state index >= 15 is 0 Å². The first-order valence-electron chi connectivity index (χ1n) is 4.21. The van der Waals surface area contributed by atoms with Crippen molar-refractivity contribution in [2.75, 3.05) is 0 Å². The van der Waals surface area contributed by atoms with Crippen LogP contribution in [0.4, 0.5) is 0 Å². The largest absolute Gasteiger partial charge is 0.426 e. The quantitative estimate of drug-likeness (QED) is 0.532. The van der Waals surface area contributed by atoms with Gasteiger partial charge in [-0.1, -0.05) is 0 Å². The van der Waals surface area contributed by atoms with Gasteiger partial charge in [0.25, 0.3) is 0 Å². The van der Waals surface area contributed by atoms with Crippen molar-refractivity contribution in [1.82, 2.24) is 0 Å². The molecule has 5 heteroatoms. The number of hydrogen-bond acceptors (Lipinski definition) is 4. The third-order valence-electron chi connectivity index (χ3n) is 2.15. The summed E-state index contributed by atoms with van der Waals surface area (Å²) in [6.45, 7) is 0. The van der Waals surface area contributed by atoms with E-state index in [-0.39, 0.29) is 30.8 Å². The SMILES string of the molecule is Cl.N#Cc1ccc2c(c1)C(N)CC(=O)O2. The summed E-state index contributed by atoms with van der Waals surface area (Å²) in [5, 5.41) is 8.68. The van der Waals surface area contributed by atoms with Crippen LogP contribution in [-0.4, -0.2) is 5.97 Å². The van der Waals surface area contributed by atoms with Crippen LogP contribution >= 0.6 is 12.4 Å². The number of ether oxygens (including phenoxy) is 1. The molecule has 0 aromatic heterocycles. The summed E-state index contributed by atoms with van der Waals surface area (Å²) in [5.41, 5.74) is 7.00. The van der Waals surface area contributed by atoms with Gasteiger partial charge in [0.05, 0.1) is 18.1 Å². The van der Waals surface area contributed by atoms with Gasteiger partial charge in [-0.2, -0.15) is 5.26 Å². The fraction of sp³-hybridized carbons (Fsp3) is 0.200. The van der Waals surface area contributed by atoms with Crippen LogP contribution in [0, 0.1) is 11.3 Å². The minimum Gasteiger partial charge on any atom is -0.426 e. The van der Waals surface area contributed by atoms with E-state index in [1.54, 1.807) is 18.2 Å². The minimum atomic E-state index is -0.362. The summed E-state index contributed by atoms with van der Waals surface area (Å²) in [5.74, 6) is 0.141. The lowest BCUT2D eigenvalue weighted by atomic mass is 9.99. The number of fused-ring (bicyclic) bond motifs is 1. The summed E-state index contributed by atoms with van der Waals surface area (Å²) in [6, 6.07) is 6.51. The Morgan fingerprint density at radius 1 is 1.53 bits per heavy atom. The van der Waals surface area contributed by atoms with Gasteiger partial charge in [0.2, 0.25) is 0 Å². The molecule has 0 aliphatic carbocycles. The van der Waals surface area contributed by atoms with Crippen LogP contribution < -0.4 is 10.5 Å². The highest BCUT2D eigenvalue weighted by Crippen LogP contribution is 2.31. The van der Waals surface area contributed by atoms with Crippen LogP contribution in [0.5, 0.6) is 5.75 Å². The summed E-state index contributed by atoms with van der Waals surface area (Å²) < 4.78 is 4.97. The van der Waals surface area contributed by atoms with Crippen LogP contribution in [0.15, 0.2) is 18.2 Å². The Morgan fingerprint density at radius 3 is 2.93 bits per heavy atom. The molecule has 15 heavy (non-hydrogen) atoms. The summed E-state index contributed by atoms with van der Waals surface area (Å²) in [4.78, 5) is 11.0. The van der Waals surface area contributed by atoms with Gasteiger partial charge in [0, 0.05) is 11.6 Å². The second-order valence-corrected chi connectivity index (χ2v) is 3.15. The summed E-state index contributed by atoms with van der Waals surface area (Å²) in [6.07, 6.45) is 0.169. The Kier molecular flexibility index (Phi) is 3.30. The lowest BCUT2D eigenvalue weighted by Crippen LogP contribution is -2.25. The second kappa shape index (κ2) is 4.30. The first-order valence-corrected chi connectivity index (χ1v) is 4.21. The van der Waals surface area contributed by atoms with Crippen molar-refractivity contribution in [3.63, 3.8) is 0 Å². The molecule has 0 spiro atoms. The van der Waals surface area contributed by atoms with Gasteiger partial charge in [-0.25, -0.2) is 0 Å². The van der Waals surface area contributed by atoms with Gasteiger partial charge < -0.3 is 10.5 Å². The molecule has 2 N–H and O–H groups in total. The average molecular weight is 225 g/mol. The van der Waals surface area contributed by atoms with Crippen LogP contribution in [0.25, 0.3) is 0 Å². The van der Waals surface area contributed by atoms with E-state index in [0.29, 0.717) is 11.3 Å². The monoisotopic (exact) mass is 224 g/mol. The molecule has 1 aliphatic rings. The van der Waals surface area contributed by atoms with E-state index in [0.717, 1.165) is 5.56 Å². The zero-order valence-electron chi connectivity index (χ0n) is 7.77. The van der Waals surface area contributed by atoms with Crippen LogP contribution in [-0.2, 0) is 4.79 Å². The van der Waals surface area contributed by atoms with Crippen molar-refractivity contribution in [3.8, 4) is 11.8 Å². The summed E-state index contributed by atoms with van der Waals surface area (Å²) in [7, 11) is 0. The molecular formula is C10H9ClN2O2. The second-order valence-electron chi connectivity index (χ2n) is 3.15. The molecule has 0 radical (unpaired) electrons. The van der Waals surface area contributed by atoms with Gasteiger partial charge in [-0.3, -0.25) is 4.79 Å². The fourth-order valence-electron chi connectivity index (χ4n) is 1.45. The fourth-order valence-corrected chi connectivity index (χ4v) is 1.45. The lowest BCUT2D eigenvalue weighted by Gasteiger charge is -2.20. The Balaban J connectivity index is 0.00000112. The number of nitriles is 1. The maximum Gasteiger partial charge on any atom is 0.313 e. The highest BCUT2D eigenvalue weighted by atomic mass is 35.5. The predicted molar refractivity (Wildman–Crippen MR) is 55.6 cm³/mol. The Bertz CT molecular complexity index is 440. The molecule has 0 saturated carbocycles. The summed E-state index contributed by atoms with van der Waals surface area (Å²) >= 11 is 0. The van der Waals surface area contributed by atoms with Gasteiger partial charge in [-0.15, -0.1) is 12.4 Å². The predicted octanol–water partition coefficient (Wildman–Crippen LogP) is 1.29. The standard InChI is InChI=1S/C10H8N2O2.ClH/c11-5-6-1-2-9-7(3-6)8(12)4-10(13)14-9;/h1-3,8H,4,12H2;1H. The molecule has 1 heterocycles. The zero-order chi connectivity index (χ0) is 10.1. The molecule has 1 atom stereocenters. The number of carbonyl (C=O) groups is 1. The number of benzene rings is 1. The average Bonchev–Trinajstić information content (AvgIpc) is 2.17. The van der Waals surface area contributed by atoms with Crippen LogP contribution in [0.1, 0.15) is 23.6 Å². The van der Waals surface area contributed by atoms with Crippen molar-refractivity contribution in [2.45, 2.75) is 12.5 Å². The molecule has 1 unspecified atom stereocenters. The van der Waals surface area contributed by atoms with E-state index in [1.165, 1.54) is 0 Å². The first kappa shape index (κ1) is 11.5. The van der Waals surface area contributed by atoms with E-state index in [4.69, 9.17) is 15.7 Å². The number of hydrogen-bond donors (Lipinski definition) is 1. The van der Waals surface area contributed by atoms with Crippen LogP contribution in [0.3, 0.4) is 0 Å². The number of rotatable bonds is 0. The van der Waals surface area contributed by atoms with Crippen molar-refractivity contribution < 1.29 is 9.53 Å². The zero-order valence-corrected chi connectivity index (χ0v) is 8.58.